The zero-order valence-electron chi connectivity index (χ0n) is 5.48. The fourth-order valence-electron chi connectivity index (χ4n) is 1.69. The van der Waals surface area contributed by atoms with E-state index in [1.165, 1.54) is 0 Å². The maximum absolute atomic E-state index is 13.0. The summed E-state index contributed by atoms with van der Waals surface area (Å²) < 4.78 is 51.0. The van der Waals surface area contributed by atoms with Crippen LogP contribution in [0, 0.1) is 5.92 Å². The van der Waals surface area contributed by atoms with Crippen LogP contribution >= 0.6 is 0 Å². The topological polar surface area (TPSA) is 0 Å². The summed E-state index contributed by atoms with van der Waals surface area (Å²) in [5.74, 6) is -1.21. The van der Waals surface area contributed by atoms with Crippen LogP contribution in [0.2, 0.25) is 0 Å². The number of alkyl halides is 4. The largest absolute Gasteiger partial charge is 0.243 e. The van der Waals surface area contributed by atoms with Gasteiger partial charge in [0.1, 0.15) is 12.3 Å². The first kappa shape index (κ1) is 7.13. The minimum Gasteiger partial charge on any atom is -0.243 e. The SMILES string of the molecule is FC1C2C=CC(F)(C1F)C2F. The van der Waals surface area contributed by atoms with Crippen molar-refractivity contribution < 1.29 is 17.6 Å². The number of allylic oxidation sites excluding steroid dienone is 2. The van der Waals surface area contributed by atoms with Crippen molar-refractivity contribution in [3.8, 4) is 0 Å². The molecule has 0 amide bonds. The van der Waals surface area contributed by atoms with Gasteiger partial charge in [-0.1, -0.05) is 6.08 Å². The molecule has 1 fully saturated rings. The number of halogens is 4. The summed E-state index contributed by atoms with van der Waals surface area (Å²) in [4.78, 5) is 0. The van der Waals surface area contributed by atoms with E-state index in [-0.39, 0.29) is 0 Å². The first-order valence-electron chi connectivity index (χ1n) is 3.38. The third-order valence-electron chi connectivity index (χ3n) is 2.40. The van der Waals surface area contributed by atoms with E-state index in [1.807, 2.05) is 0 Å². The molecule has 5 atom stereocenters. The molecule has 0 aromatic rings. The van der Waals surface area contributed by atoms with Crippen LogP contribution in [-0.4, -0.2) is 24.2 Å². The molecule has 2 aliphatic rings. The molecule has 0 aromatic carbocycles. The molecule has 0 aromatic heterocycles. The van der Waals surface area contributed by atoms with Crippen molar-refractivity contribution in [2.45, 2.75) is 24.2 Å². The van der Waals surface area contributed by atoms with Crippen molar-refractivity contribution in [3.63, 3.8) is 0 Å². The Hall–Kier alpha value is -0.540. The van der Waals surface area contributed by atoms with Crippen LogP contribution in [0.3, 0.4) is 0 Å². The molecule has 62 valence electrons. The van der Waals surface area contributed by atoms with Crippen molar-refractivity contribution in [1.29, 1.82) is 0 Å². The van der Waals surface area contributed by atoms with Gasteiger partial charge in [0.05, 0.1) is 0 Å². The van der Waals surface area contributed by atoms with Crippen LogP contribution in [0.5, 0.6) is 0 Å². The monoisotopic (exact) mass is 166 g/mol. The molecule has 0 heterocycles. The molecular weight excluding hydrogens is 160 g/mol. The molecule has 4 heteroatoms. The van der Waals surface area contributed by atoms with Gasteiger partial charge in [0, 0.05) is 5.92 Å². The summed E-state index contributed by atoms with van der Waals surface area (Å²) in [6.45, 7) is 0. The first-order valence-corrected chi connectivity index (χ1v) is 3.38. The second kappa shape index (κ2) is 1.79. The van der Waals surface area contributed by atoms with E-state index >= 15 is 0 Å². The highest BCUT2D eigenvalue weighted by Gasteiger charge is 2.65. The third-order valence-corrected chi connectivity index (χ3v) is 2.40. The van der Waals surface area contributed by atoms with Crippen LogP contribution in [0.1, 0.15) is 0 Å². The Kier molecular flexibility index (Phi) is 1.16. The zero-order valence-corrected chi connectivity index (χ0v) is 5.48. The molecule has 5 unspecified atom stereocenters. The van der Waals surface area contributed by atoms with Crippen LogP contribution in [0.15, 0.2) is 12.2 Å². The lowest BCUT2D eigenvalue weighted by molar-refractivity contribution is 0.0500. The smallest absolute Gasteiger partial charge is 0.194 e. The normalized spacial score (nSPS) is 60.7. The van der Waals surface area contributed by atoms with E-state index in [2.05, 4.69) is 0 Å². The van der Waals surface area contributed by atoms with Gasteiger partial charge < -0.3 is 0 Å². The average Bonchev–Trinajstić information content (AvgIpc) is 2.33. The summed E-state index contributed by atoms with van der Waals surface area (Å²) in [6, 6.07) is 0. The van der Waals surface area contributed by atoms with Gasteiger partial charge in [-0.05, 0) is 6.08 Å². The maximum Gasteiger partial charge on any atom is 0.194 e. The molecule has 0 nitrogen and oxygen atoms in total. The predicted octanol–water partition coefficient (Wildman–Crippen LogP) is 1.91. The fraction of sp³-hybridized carbons (Fsp3) is 0.714. The van der Waals surface area contributed by atoms with Gasteiger partial charge in [-0.15, -0.1) is 0 Å². The van der Waals surface area contributed by atoms with Crippen molar-refractivity contribution >= 4 is 0 Å². The molecule has 0 radical (unpaired) electrons. The molecule has 2 aliphatic carbocycles. The first-order chi connectivity index (χ1) is 5.07. The molecule has 11 heavy (non-hydrogen) atoms. The van der Waals surface area contributed by atoms with E-state index in [4.69, 9.17) is 0 Å². The van der Waals surface area contributed by atoms with E-state index in [0.29, 0.717) is 0 Å². The molecule has 0 N–H and O–H groups in total. The summed E-state index contributed by atoms with van der Waals surface area (Å²) in [7, 11) is 0. The second-order valence-corrected chi connectivity index (χ2v) is 3.01. The van der Waals surface area contributed by atoms with Crippen LogP contribution in [0.4, 0.5) is 17.6 Å². The molecule has 2 bridgehead atoms. The van der Waals surface area contributed by atoms with Crippen LogP contribution in [0.25, 0.3) is 0 Å². The van der Waals surface area contributed by atoms with E-state index < -0.39 is 30.1 Å². The van der Waals surface area contributed by atoms with Crippen molar-refractivity contribution in [2.24, 2.45) is 5.92 Å². The van der Waals surface area contributed by atoms with Crippen LogP contribution < -0.4 is 0 Å². The maximum atomic E-state index is 13.0. The van der Waals surface area contributed by atoms with Gasteiger partial charge in [0.2, 0.25) is 0 Å². The quantitative estimate of drug-likeness (QED) is 0.381. The number of hydrogen-bond donors (Lipinski definition) is 0. The van der Waals surface area contributed by atoms with E-state index in [9.17, 15) is 17.6 Å². The Morgan fingerprint density at radius 3 is 2.00 bits per heavy atom. The lowest BCUT2D eigenvalue weighted by atomic mass is 10.0. The Bertz CT molecular complexity index is 214. The highest BCUT2D eigenvalue weighted by atomic mass is 19.2. The minimum atomic E-state index is -2.69. The Morgan fingerprint density at radius 1 is 1.09 bits per heavy atom. The number of fused-ring (bicyclic) bond motifs is 2. The minimum absolute atomic E-state index is 0.795. The fourth-order valence-corrected chi connectivity index (χ4v) is 1.69. The predicted molar refractivity (Wildman–Crippen MR) is 31.2 cm³/mol. The Morgan fingerprint density at radius 2 is 1.73 bits per heavy atom. The third kappa shape index (κ3) is 0.607. The highest BCUT2D eigenvalue weighted by Crippen LogP contribution is 2.50. The van der Waals surface area contributed by atoms with Gasteiger partial charge in [-0.3, -0.25) is 0 Å². The molecular formula is C7H6F4. The van der Waals surface area contributed by atoms with Gasteiger partial charge in [-0.2, -0.15) is 0 Å². The molecule has 2 rings (SSSR count). The van der Waals surface area contributed by atoms with E-state index in [1.54, 1.807) is 0 Å². The van der Waals surface area contributed by atoms with Crippen molar-refractivity contribution in [2.75, 3.05) is 0 Å². The van der Waals surface area contributed by atoms with Gasteiger partial charge >= 0.3 is 0 Å². The summed E-state index contributed by atoms with van der Waals surface area (Å²) >= 11 is 0. The summed E-state index contributed by atoms with van der Waals surface area (Å²) in [6.07, 6.45) is -4.51. The molecule has 0 aliphatic heterocycles. The number of rotatable bonds is 0. The van der Waals surface area contributed by atoms with Crippen molar-refractivity contribution in [3.05, 3.63) is 12.2 Å². The van der Waals surface area contributed by atoms with Crippen LogP contribution in [-0.2, 0) is 0 Å². The van der Waals surface area contributed by atoms with Gasteiger partial charge in [0.15, 0.2) is 11.8 Å². The zero-order chi connectivity index (χ0) is 8.22. The Balaban J connectivity index is 2.41. The van der Waals surface area contributed by atoms with Gasteiger partial charge in [-0.25, -0.2) is 17.6 Å². The summed E-state index contributed by atoms with van der Waals surface area (Å²) in [5, 5.41) is 0. The van der Waals surface area contributed by atoms with Gasteiger partial charge in [0.25, 0.3) is 0 Å². The lowest BCUT2D eigenvalue weighted by Gasteiger charge is -2.18. The highest BCUT2D eigenvalue weighted by molar-refractivity contribution is 5.30. The standard InChI is InChI=1S/C7H6F4/c8-4-3-1-2-7(11,5(3)9)6(4)10/h1-6H. The lowest BCUT2D eigenvalue weighted by Crippen LogP contribution is -2.36. The Labute approximate surface area is 60.9 Å². The summed E-state index contributed by atoms with van der Waals surface area (Å²) in [5.41, 5.74) is -2.69. The number of hydrogen-bond acceptors (Lipinski definition) is 0. The van der Waals surface area contributed by atoms with E-state index in [0.717, 1.165) is 12.2 Å². The molecule has 0 saturated heterocycles. The molecule has 1 saturated carbocycles. The molecule has 0 spiro atoms. The van der Waals surface area contributed by atoms with Crippen molar-refractivity contribution in [1.82, 2.24) is 0 Å². The average molecular weight is 166 g/mol. The second-order valence-electron chi connectivity index (χ2n) is 3.01.